The second-order valence-electron chi connectivity index (χ2n) is 6.30. The Kier molecular flexibility index (Phi) is 6.79. The van der Waals surface area contributed by atoms with E-state index >= 15 is 0 Å². The van der Waals surface area contributed by atoms with Crippen LogP contribution in [-0.2, 0) is 20.6 Å². The lowest BCUT2D eigenvalue weighted by Crippen LogP contribution is -2.37. The first-order valence-electron chi connectivity index (χ1n) is 8.03. The van der Waals surface area contributed by atoms with Gasteiger partial charge in [-0.05, 0) is 44.0 Å². The molecule has 0 amide bonds. The first kappa shape index (κ1) is 20.1. The minimum atomic E-state index is -3.54. The Morgan fingerprint density at radius 1 is 1.40 bits per heavy atom. The molecular formula is C16H22ClFN2O4S. The fourth-order valence-corrected chi connectivity index (χ4v) is 4.82. The van der Waals surface area contributed by atoms with Crippen molar-refractivity contribution in [1.82, 2.24) is 9.21 Å². The van der Waals surface area contributed by atoms with E-state index in [1.54, 1.807) is 11.9 Å². The van der Waals surface area contributed by atoms with E-state index in [1.807, 2.05) is 0 Å². The zero-order valence-corrected chi connectivity index (χ0v) is 15.6. The largest absolute Gasteiger partial charge is 0.480 e. The normalized spacial score (nSPS) is 19.8. The maximum absolute atomic E-state index is 13.2. The number of sulfonamides is 1. The van der Waals surface area contributed by atoms with E-state index in [1.165, 1.54) is 16.4 Å². The van der Waals surface area contributed by atoms with Crippen LogP contribution in [0.5, 0.6) is 0 Å². The summed E-state index contributed by atoms with van der Waals surface area (Å²) in [6.07, 6.45) is 1.99. The lowest BCUT2D eigenvalue weighted by Gasteiger charge is -2.25. The Morgan fingerprint density at radius 3 is 2.76 bits per heavy atom. The fraction of sp³-hybridized carbons (Fsp3) is 0.562. The van der Waals surface area contributed by atoms with Gasteiger partial charge in [-0.3, -0.25) is 9.69 Å². The van der Waals surface area contributed by atoms with Crippen LogP contribution in [0.3, 0.4) is 0 Å². The fourth-order valence-electron chi connectivity index (χ4n) is 3.05. The third-order valence-electron chi connectivity index (χ3n) is 4.39. The van der Waals surface area contributed by atoms with Crippen LogP contribution in [0, 0.1) is 5.82 Å². The number of aliphatic carboxylic acids is 1. The molecule has 6 nitrogen and oxygen atoms in total. The smallest absolute Gasteiger partial charge is 0.317 e. The van der Waals surface area contributed by atoms with E-state index in [9.17, 15) is 17.6 Å². The number of carboxylic acids is 1. The van der Waals surface area contributed by atoms with Crippen LogP contribution >= 0.6 is 11.6 Å². The summed E-state index contributed by atoms with van der Waals surface area (Å²) in [6, 6.07) is 3.94. The molecule has 25 heavy (non-hydrogen) atoms. The summed E-state index contributed by atoms with van der Waals surface area (Å²) in [6.45, 7) is 0.673. The van der Waals surface area contributed by atoms with E-state index < -0.39 is 21.8 Å². The minimum Gasteiger partial charge on any atom is -0.480 e. The Labute approximate surface area is 152 Å². The van der Waals surface area contributed by atoms with Crippen molar-refractivity contribution in [3.05, 3.63) is 34.6 Å². The molecule has 1 aromatic carbocycles. The molecule has 2 rings (SSSR count). The second-order valence-corrected chi connectivity index (χ2v) is 8.67. The average Bonchev–Trinajstić information content (AvgIpc) is 2.76. The molecule has 1 aliphatic rings. The topological polar surface area (TPSA) is 77.9 Å². The molecule has 1 unspecified atom stereocenters. The summed E-state index contributed by atoms with van der Waals surface area (Å²) in [5, 5.41) is 8.79. The molecule has 140 valence electrons. The number of hydrogen-bond acceptors (Lipinski definition) is 4. The number of rotatable bonds is 6. The van der Waals surface area contributed by atoms with Crippen LogP contribution in [-0.4, -0.2) is 61.4 Å². The number of carboxylic acid groups (broad SMARTS) is 1. The summed E-state index contributed by atoms with van der Waals surface area (Å²) in [5.41, 5.74) is 0.440. The van der Waals surface area contributed by atoms with Crippen LogP contribution in [0.15, 0.2) is 18.2 Å². The lowest BCUT2D eigenvalue weighted by atomic mass is 10.1. The van der Waals surface area contributed by atoms with Gasteiger partial charge in [0.1, 0.15) is 5.82 Å². The molecule has 0 bridgehead atoms. The van der Waals surface area contributed by atoms with Crippen LogP contribution in [0.1, 0.15) is 24.8 Å². The van der Waals surface area contributed by atoms with Crippen molar-refractivity contribution in [1.29, 1.82) is 0 Å². The van der Waals surface area contributed by atoms with Gasteiger partial charge in [0.15, 0.2) is 0 Å². The van der Waals surface area contributed by atoms with E-state index in [0.717, 1.165) is 12.5 Å². The molecule has 1 atom stereocenters. The molecule has 1 fully saturated rings. The van der Waals surface area contributed by atoms with Gasteiger partial charge in [0.2, 0.25) is 10.0 Å². The first-order chi connectivity index (χ1) is 11.7. The van der Waals surface area contributed by atoms with Crippen LogP contribution in [0.4, 0.5) is 4.39 Å². The zero-order valence-electron chi connectivity index (χ0n) is 14.0. The highest BCUT2D eigenvalue weighted by Gasteiger charge is 2.28. The Bertz CT molecular complexity index is 729. The lowest BCUT2D eigenvalue weighted by molar-refractivity contribution is -0.138. The van der Waals surface area contributed by atoms with Crippen molar-refractivity contribution in [2.24, 2.45) is 0 Å². The van der Waals surface area contributed by atoms with Crippen molar-refractivity contribution in [3.8, 4) is 0 Å². The standard InChI is InChI=1S/C16H22ClFN2O4S/c1-19(10-16(21)22)13-3-2-7-20(8-6-13)25(23,24)11-12-4-5-15(18)14(17)9-12/h4-5,9,13H,2-3,6-8,10-11H2,1H3,(H,21,22). The van der Waals surface area contributed by atoms with Gasteiger partial charge in [-0.15, -0.1) is 0 Å². The van der Waals surface area contributed by atoms with Gasteiger partial charge in [-0.25, -0.2) is 17.1 Å². The Balaban J connectivity index is 2.02. The maximum Gasteiger partial charge on any atom is 0.317 e. The van der Waals surface area contributed by atoms with E-state index in [-0.39, 0.29) is 23.4 Å². The second kappa shape index (κ2) is 8.44. The third-order valence-corrected chi connectivity index (χ3v) is 6.53. The van der Waals surface area contributed by atoms with E-state index in [0.29, 0.717) is 31.5 Å². The van der Waals surface area contributed by atoms with Gasteiger partial charge in [-0.1, -0.05) is 17.7 Å². The number of nitrogens with zero attached hydrogens (tertiary/aromatic N) is 2. The molecule has 0 saturated carbocycles. The summed E-state index contributed by atoms with van der Waals surface area (Å²) >= 11 is 5.71. The van der Waals surface area contributed by atoms with Gasteiger partial charge >= 0.3 is 5.97 Å². The monoisotopic (exact) mass is 392 g/mol. The van der Waals surface area contributed by atoms with Crippen LogP contribution in [0.25, 0.3) is 0 Å². The van der Waals surface area contributed by atoms with Crippen molar-refractivity contribution in [2.75, 3.05) is 26.7 Å². The molecule has 1 heterocycles. The van der Waals surface area contributed by atoms with Crippen LogP contribution < -0.4 is 0 Å². The maximum atomic E-state index is 13.2. The number of halogens is 2. The summed E-state index contributed by atoms with van der Waals surface area (Å²) in [7, 11) is -1.80. The molecule has 0 aromatic heterocycles. The molecule has 9 heteroatoms. The van der Waals surface area contributed by atoms with Crippen molar-refractivity contribution < 1.29 is 22.7 Å². The minimum absolute atomic E-state index is 0.0385. The summed E-state index contributed by atoms with van der Waals surface area (Å²) in [4.78, 5) is 12.6. The molecule has 0 aliphatic carbocycles. The van der Waals surface area contributed by atoms with Crippen molar-refractivity contribution in [2.45, 2.75) is 31.1 Å². The highest BCUT2D eigenvalue weighted by molar-refractivity contribution is 7.88. The van der Waals surface area contributed by atoms with Gasteiger partial charge in [0.25, 0.3) is 0 Å². The highest BCUT2D eigenvalue weighted by Crippen LogP contribution is 2.22. The number of carbonyl (C=O) groups is 1. The third kappa shape index (κ3) is 5.64. The molecule has 1 N–H and O–H groups in total. The quantitative estimate of drug-likeness (QED) is 0.802. The molecular weight excluding hydrogens is 371 g/mol. The highest BCUT2D eigenvalue weighted by atomic mass is 35.5. The number of hydrogen-bond donors (Lipinski definition) is 1. The molecule has 1 saturated heterocycles. The number of benzene rings is 1. The van der Waals surface area contributed by atoms with Gasteiger partial charge in [0, 0.05) is 19.1 Å². The first-order valence-corrected chi connectivity index (χ1v) is 10.0. The Morgan fingerprint density at radius 2 is 2.12 bits per heavy atom. The van der Waals surface area contributed by atoms with E-state index in [4.69, 9.17) is 16.7 Å². The molecule has 0 radical (unpaired) electrons. The van der Waals surface area contributed by atoms with Gasteiger partial charge in [-0.2, -0.15) is 0 Å². The zero-order chi connectivity index (χ0) is 18.6. The van der Waals surface area contributed by atoms with Gasteiger partial charge < -0.3 is 5.11 Å². The average molecular weight is 393 g/mol. The Hall–Kier alpha value is -1.22. The van der Waals surface area contributed by atoms with E-state index in [2.05, 4.69) is 0 Å². The SMILES string of the molecule is CN(CC(=O)O)C1CCCN(S(=O)(=O)Cc2ccc(F)c(Cl)c2)CC1. The summed E-state index contributed by atoms with van der Waals surface area (Å²) < 4.78 is 39.9. The van der Waals surface area contributed by atoms with Crippen LogP contribution in [0.2, 0.25) is 5.02 Å². The molecule has 0 spiro atoms. The predicted octanol–water partition coefficient (Wildman–Crippen LogP) is 2.18. The predicted molar refractivity (Wildman–Crippen MR) is 93.5 cm³/mol. The van der Waals surface area contributed by atoms with Crippen molar-refractivity contribution >= 4 is 27.6 Å². The van der Waals surface area contributed by atoms with Crippen molar-refractivity contribution in [3.63, 3.8) is 0 Å². The summed E-state index contributed by atoms with van der Waals surface area (Å²) in [5.74, 6) is -1.71. The molecule has 1 aromatic rings. The number of likely N-dealkylation sites (N-methyl/N-ethyl adjacent to an activating group) is 1. The van der Waals surface area contributed by atoms with Gasteiger partial charge in [0.05, 0.1) is 17.3 Å². The molecule has 1 aliphatic heterocycles.